The molecule has 15 heavy (non-hydrogen) atoms. The fraction of sp³-hybridized carbons (Fsp3) is 0.417. The molecule has 0 bridgehead atoms. The summed E-state index contributed by atoms with van der Waals surface area (Å²) >= 11 is 0. The van der Waals surface area contributed by atoms with Crippen molar-refractivity contribution in [3.8, 4) is 0 Å². The maximum atomic E-state index is 5.56. The third-order valence-corrected chi connectivity index (χ3v) is 2.71. The van der Waals surface area contributed by atoms with Crippen LogP contribution in [0, 0.1) is 6.92 Å². The van der Waals surface area contributed by atoms with E-state index in [9.17, 15) is 0 Å². The molecule has 0 saturated heterocycles. The van der Waals surface area contributed by atoms with Crippen molar-refractivity contribution in [2.45, 2.75) is 19.9 Å². The molecule has 80 valence electrons. The van der Waals surface area contributed by atoms with Crippen LogP contribution in [0.15, 0.2) is 23.2 Å². The van der Waals surface area contributed by atoms with Gasteiger partial charge in [-0.05, 0) is 30.7 Å². The number of aliphatic imine (C=N–C) groups is 1. The highest BCUT2D eigenvalue weighted by Crippen LogP contribution is 2.26. The molecule has 1 aliphatic heterocycles. The Morgan fingerprint density at radius 1 is 1.47 bits per heavy atom. The van der Waals surface area contributed by atoms with Gasteiger partial charge in [0.2, 0.25) is 0 Å². The van der Waals surface area contributed by atoms with E-state index in [1.807, 2.05) is 0 Å². The number of aryl methyl sites for hydroxylation is 1. The largest absolute Gasteiger partial charge is 0.359 e. The Bertz CT molecular complexity index is 396. The van der Waals surface area contributed by atoms with E-state index < -0.39 is 0 Å². The normalized spacial score (nSPS) is 14.9. The van der Waals surface area contributed by atoms with Gasteiger partial charge in [0.15, 0.2) is 0 Å². The molecule has 0 spiro atoms. The van der Waals surface area contributed by atoms with Crippen molar-refractivity contribution in [3.63, 3.8) is 0 Å². The quantitative estimate of drug-likeness (QED) is 0.796. The minimum Gasteiger partial charge on any atom is -0.359 e. The number of nitrogens with zero attached hydrogens (tertiary/aromatic N) is 2. The van der Waals surface area contributed by atoms with Crippen LogP contribution in [0.5, 0.6) is 0 Å². The molecule has 0 unspecified atom stereocenters. The number of hydrogen-bond donors (Lipinski definition) is 1. The summed E-state index contributed by atoms with van der Waals surface area (Å²) in [4.78, 5) is 6.81. The number of fused-ring (bicyclic) bond motifs is 1. The summed E-state index contributed by atoms with van der Waals surface area (Å²) in [6.45, 7) is 3.69. The number of rotatable bonds is 2. The second-order valence-electron chi connectivity index (χ2n) is 4.05. The highest BCUT2D eigenvalue weighted by molar-refractivity contribution is 5.87. The zero-order chi connectivity index (χ0) is 10.8. The van der Waals surface area contributed by atoms with E-state index >= 15 is 0 Å². The van der Waals surface area contributed by atoms with Crippen LogP contribution in [0.1, 0.15) is 17.5 Å². The minimum atomic E-state index is 0.657. The predicted octanol–water partition coefficient (Wildman–Crippen LogP) is 1.82. The van der Waals surface area contributed by atoms with Crippen LogP contribution in [-0.4, -0.2) is 24.3 Å². The van der Waals surface area contributed by atoms with Crippen LogP contribution < -0.4 is 5.73 Å². The summed E-state index contributed by atoms with van der Waals surface area (Å²) in [7, 11) is 2.07. The van der Waals surface area contributed by atoms with Gasteiger partial charge in [-0.25, -0.2) is 4.99 Å². The molecule has 0 amide bonds. The van der Waals surface area contributed by atoms with Gasteiger partial charge in [-0.2, -0.15) is 0 Å². The fourth-order valence-electron chi connectivity index (χ4n) is 1.86. The van der Waals surface area contributed by atoms with E-state index in [-0.39, 0.29) is 0 Å². The van der Waals surface area contributed by atoms with Gasteiger partial charge >= 0.3 is 0 Å². The predicted molar refractivity (Wildman–Crippen MR) is 63.4 cm³/mol. The van der Waals surface area contributed by atoms with Crippen molar-refractivity contribution < 1.29 is 0 Å². The number of amidine groups is 1. The molecule has 1 aromatic rings. The highest BCUT2D eigenvalue weighted by Gasteiger charge is 2.15. The lowest BCUT2D eigenvalue weighted by molar-refractivity contribution is 0.481. The molecule has 0 aliphatic carbocycles. The third kappa shape index (κ3) is 2.02. The summed E-state index contributed by atoms with van der Waals surface area (Å²) in [5.74, 6) is 1.09. The van der Waals surface area contributed by atoms with Gasteiger partial charge in [0.05, 0.1) is 5.69 Å². The average Bonchev–Trinajstić information content (AvgIpc) is 2.20. The zero-order valence-corrected chi connectivity index (χ0v) is 9.33. The lowest BCUT2D eigenvalue weighted by atomic mass is 10.1. The van der Waals surface area contributed by atoms with Crippen LogP contribution in [0.4, 0.5) is 5.69 Å². The minimum absolute atomic E-state index is 0.657. The molecule has 2 rings (SSSR count). The number of hydrogen-bond acceptors (Lipinski definition) is 3. The number of nitrogens with two attached hydrogens (primary N) is 1. The maximum absolute atomic E-state index is 5.56. The first kappa shape index (κ1) is 10.2. The maximum Gasteiger partial charge on any atom is 0.106 e. The van der Waals surface area contributed by atoms with Gasteiger partial charge in [0.25, 0.3) is 0 Å². The molecule has 1 aromatic carbocycles. The van der Waals surface area contributed by atoms with Crippen LogP contribution >= 0.6 is 0 Å². The molecule has 3 heteroatoms. The third-order valence-electron chi connectivity index (χ3n) is 2.71. The Balaban J connectivity index is 2.38. The van der Waals surface area contributed by atoms with Crippen LogP contribution in [0.3, 0.4) is 0 Å². The summed E-state index contributed by atoms with van der Waals surface area (Å²) < 4.78 is 0. The topological polar surface area (TPSA) is 41.6 Å². The van der Waals surface area contributed by atoms with Crippen molar-refractivity contribution in [2.24, 2.45) is 10.7 Å². The van der Waals surface area contributed by atoms with Gasteiger partial charge in [-0.15, -0.1) is 0 Å². The van der Waals surface area contributed by atoms with Crippen LogP contribution in [-0.2, 0) is 6.54 Å². The first-order valence-electron chi connectivity index (χ1n) is 5.29. The molecule has 0 fully saturated rings. The molecular formula is C12H17N3. The molecule has 0 atom stereocenters. The number of benzene rings is 1. The fourth-order valence-corrected chi connectivity index (χ4v) is 1.86. The summed E-state index contributed by atoms with van der Waals surface area (Å²) in [5, 5.41) is 0. The Hall–Kier alpha value is -1.35. The summed E-state index contributed by atoms with van der Waals surface area (Å²) in [5.41, 5.74) is 9.23. The monoisotopic (exact) mass is 203 g/mol. The van der Waals surface area contributed by atoms with Crippen molar-refractivity contribution in [1.29, 1.82) is 0 Å². The second kappa shape index (κ2) is 4.03. The highest BCUT2D eigenvalue weighted by atomic mass is 15.2. The van der Waals surface area contributed by atoms with Gasteiger partial charge in [-0.1, -0.05) is 12.1 Å². The Labute approximate surface area is 90.6 Å². The van der Waals surface area contributed by atoms with E-state index in [1.165, 1.54) is 11.1 Å². The first-order chi connectivity index (χ1) is 7.20. The molecule has 1 aliphatic rings. The molecule has 1 heterocycles. The Kier molecular flexibility index (Phi) is 2.73. The van der Waals surface area contributed by atoms with Crippen LogP contribution in [0.2, 0.25) is 0 Å². The van der Waals surface area contributed by atoms with Gasteiger partial charge < -0.3 is 10.6 Å². The zero-order valence-electron chi connectivity index (χ0n) is 9.33. The lowest BCUT2D eigenvalue weighted by Gasteiger charge is -2.26. The molecular weight excluding hydrogens is 186 g/mol. The van der Waals surface area contributed by atoms with Crippen LogP contribution in [0.25, 0.3) is 0 Å². The summed E-state index contributed by atoms with van der Waals surface area (Å²) in [6.07, 6.45) is 0.851. The van der Waals surface area contributed by atoms with E-state index in [1.54, 1.807) is 0 Å². The SMILES string of the molecule is Cc1ccc2c(c1)N=C(CCN)N(C)C2. The lowest BCUT2D eigenvalue weighted by Crippen LogP contribution is -2.30. The van der Waals surface area contributed by atoms with Gasteiger partial charge in [-0.3, -0.25) is 0 Å². The standard InChI is InChI=1S/C12H17N3/c1-9-3-4-10-8-15(2)12(5-6-13)14-11(10)7-9/h3-4,7H,5-6,8,13H2,1-2H3. The average molecular weight is 203 g/mol. The smallest absolute Gasteiger partial charge is 0.106 e. The van der Waals surface area contributed by atoms with E-state index in [0.29, 0.717) is 6.54 Å². The molecule has 0 aromatic heterocycles. The van der Waals surface area contributed by atoms with Gasteiger partial charge in [0, 0.05) is 20.0 Å². The van der Waals surface area contributed by atoms with E-state index in [0.717, 1.165) is 24.5 Å². The van der Waals surface area contributed by atoms with E-state index in [4.69, 9.17) is 5.73 Å². The Morgan fingerprint density at radius 3 is 3.00 bits per heavy atom. The molecule has 0 saturated carbocycles. The van der Waals surface area contributed by atoms with Gasteiger partial charge in [0.1, 0.15) is 5.84 Å². The first-order valence-corrected chi connectivity index (χ1v) is 5.29. The van der Waals surface area contributed by atoms with Crippen molar-refractivity contribution in [1.82, 2.24) is 4.90 Å². The van der Waals surface area contributed by atoms with Crippen molar-refractivity contribution >= 4 is 11.5 Å². The second-order valence-corrected chi connectivity index (χ2v) is 4.05. The Morgan fingerprint density at radius 2 is 2.27 bits per heavy atom. The molecule has 3 nitrogen and oxygen atoms in total. The molecule has 2 N–H and O–H groups in total. The van der Waals surface area contributed by atoms with E-state index in [2.05, 4.69) is 42.1 Å². The molecule has 0 radical (unpaired) electrons. The van der Waals surface area contributed by atoms with Crippen molar-refractivity contribution in [3.05, 3.63) is 29.3 Å². The van der Waals surface area contributed by atoms with Crippen molar-refractivity contribution in [2.75, 3.05) is 13.6 Å². The summed E-state index contributed by atoms with van der Waals surface area (Å²) in [6, 6.07) is 6.43.